The minimum Gasteiger partial charge on any atom is -0.497 e. The molecule has 20 heavy (non-hydrogen) atoms. The van der Waals surface area contributed by atoms with Crippen LogP contribution in [0.25, 0.3) is 0 Å². The minimum atomic E-state index is -0.556. The fourth-order valence-corrected chi connectivity index (χ4v) is 2.26. The quantitative estimate of drug-likeness (QED) is 0.776. The average molecular weight is 281 g/mol. The average Bonchev–Trinajstić information content (AvgIpc) is 2.46. The molecule has 0 fully saturated rings. The molecule has 5 heteroatoms. The Morgan fingerprint density at radius 2 is 1.95 bits per heavy atom. The maximum absolute atomic E-state index is 11.7. The normalized spacial score (nSPS) is 13.4. The molecule has 0 aliphatic carbocycles. The van der Waals surface area contributed by atoms with Crippen LogP contribution in [-0.4, -0.2) is 33.8 Å². The van der Waals surface area contributed by atoms with E-state index in [-0.39, 0.29) is 12.4 Å². The van der Waals surface area contributed by atoms with Crippen molar-refractivity contribution in [1.29, 1.82) is 0 Å². The second-order valence-corrected chi connectivity index (χ2v) is 4.68. The van der Waals surface area contributed by atoms with E-state index >= 15 is 0 Å². The molecule has 1 aromatic rings. The van der Waals surface area contributed by atoms with Gasteiger partial charge in [0.1, 0.15) is 11.5 Å². The van der Waals surface area contributed by atoms with Crippen LogP contribution in [0.1, 0.15) is 25.8 Å². The van der Waals surface area contributed by atoms with Gasteiger partial charge in [0.25, 0.3) is 0 Å². The molecule has 1 rings (SSSR count). The minimum absolute atomic E-state index is 0.222. The predicted molar refractivity (Wildman–Crippen MR) is 77.2 cm³/mol. The van der Waals surface area contributed by atoms with Gasteiger partial charge in [-0.3, -0.25) is 4.79 Å². The largest absolute Gasteiger partial charge is 0.497 e. The van der Waals surface area contributed by atoms with Gasteiger partial charge >= 0.3 is 5.97 Å². The molecule has 112 valence electrons. The third kappa shape index (κ3) is 3.63. The highest BCUT2D eigenvalue weighted by Gasteiger charge is 2.32. The van der Waals surface area contributed by atoms with E-state index in [9.17, 15) is 4.79 Å². The van der Waals surface area contributed by atoms with E-state index in [0.29, 0.717) is 11.5 Å². The molecule has 0 saturated heterocycles. The smallest absolute Gasteiger partial charge is 0.307 e. The number of methoxy groups -OCH3 is 3. The lowest BCUT2D eigenvalue weighted by Crippen LogP contribution is -2.41. The van der Waals surface area contributed by atoms with Gasteiger partial charge < -0.3 is 19.5 Å². The van der Waals surface area contributed by atoms with Crippen LogP contribution in [0.5, 0.6) is 11.5 Å². The number of nitrogens with one attached hydrogen (secondary N) is 1. The maximum Gasteiger partial charge on any atom is 0.307 e. The molecule has 1 unspecified atom stereocenters. The van der Waals surface area contributed by atoms with Crippen LogP contribution < -0.4 is 14.8 Å². The predicted octanol–water partition coefficient (Wildman–Crippen LogP) is 2.09. The Bertz CT molecular complexity index is 461. The summed E-state index contributed by atoms with van der Waals surface area (Å²) in [6, 6.07) is 5.57. The first-order chi connectivity index (χ1) is 9.50. The standard InChI is InChI=1S/C15H23NO4/c1-6-16-15(2,10-14(17)20-5)12-8-7-11(18-3)9-13(12)19-4/h7-9,16H,6,10H2,1-5H3. The molecule has 0 amide bonds. The lowest BCUT2D eigenvalue weighted by atomic mass is 9.87. The number of hydrogen-bond acceptors (Lipinski definition) is 5. The van der Waals surface area contributed by atoms with Crippen molar-refractivity contribution < 1.29 is 19.0 Å². The molecule has 5 nitrogen and oxygen atoms in total. The zero-order valence-corrected chi connectivity index (χ0v) is 12.8. The third-order valence-corrected chi connectivity index (χ3v) is 3.30. The Hall–Kier alpha value is -1.75. The van der Waals surface area contributed by atoms with Crippen LogP contribution >= 0.6 is 0 Å². The van der Waals surface area contributed by atoms with Crippen LogP contribution in [0.3, 0.4) is 0 Å². The molecule has 0 aliphatic heterocycles. The van der Waals surface area contributed by atoms with Crippen LogP contribution in [0.2, 0.25) is 0 Å². The summed E-state index contributed by atoms with van der Waals surface area (Å²) in [5.74, 6) is 1.12. The van der Waals surface area contributed by atoms with Gasteiger partial charge in [-0.05, 0) is 25.6 Å². The van der Waals surface area contributed by atoms with Gasteiger partial charge in [0.05, 0.1) is 33.3 Å². The topological polar surface area (TPSA) is 56.8 Å². The van der Waals surface area contributed by atoms with Crippen molar-refractivity contribution in [3.05, 3.63) is 23.8 Å². The SMILES string of the molecule is CCNC(C)(CC(=O)OC)c1ccc(OC)cc1OC. The second kappa shape index (κ2) is 7.14. The monoisotopic (exact) mass is 281 g/mol. The van der Waals surface area contributed by atoms with Crippen molar-refractivity contribution in [2.75, 3.05) is 27.9 Å². The third-order valence-electron chi connectivity index (χ3n) is 3.30. The fraction of sp³-hybridized carbons (Fsp3) is 0.533. The Morgan fingerprint density at radius 3 is 2.45 bits per heavy atom. The van der Waals surface area contributed by atoms with Crippen LogP contribution in [0.15, 0.2) is 18.2 Å². The fourth-order valence-electron chi connectivity index (χ4n) is 2.26. The second-order valence-electron chi connectivity index (χ2n) is 4.68. The van der Waals surface area contributed by atoms with E-state index in [1.165, 1.54) is 7.11 Å². The van der Waals surface area contributed by atoms with Gasteiger partial charge in [-0.25, -0.2) is 0 Å². The lowest BCUT2D eigenvalue weighted by Gasteiger charge is -2.31. The number of benzene rings is 1. The first kappa shape index (κ1) is 16.3. The Morgan fingerprint density at radius 1 is 1.25 bits per heavy atom. The summed E-state index contributed by atoms with van der Waals surface area (Å²) < 4.78 is 15.4. The number of esters is 1. The molecule has 0 aliphatic rings. The van der Waals surface area contributed by atoms with Crippen molar-refractivity contribution in [2.24, 2.45) is 0 Å². The zero-order chi connectivity index (χ0) is 15.2. The van der Waals surface area contributed by atoms with Crippen molar-refractivity contribution in [1.82, 2.24) is 5.32 Å². The molecular formula is C15H23NO4. The van der Waals surface area contributed by atoms with Gasteiger partial charge in [0.2, 0.25) is 0 Å². The highest BCUT2D eigenvalue weighted by Crippen LogP contribution is 2.35. The van der Waals surface area contributed by atoms with E-state index in [1.54, 1.807) is 14.2 Å². The Kier molecular flexibility index (Phi) is 5.82. The van der Waals surface area contributed by atoms with Crippen molar-refractivity contribution >= 4 is 5.97 Å². The summed E-state index contributed by atoms with van der Waals surface area (Å²) in [5.41, 5.74) is 0.340. The molecule has 0 aromatic heterocycles. The van der Waals surface area contributed by atoms with E-state index in [1.807, 2.05) is 32.0 Å². The molecule has 0 bridgehead atoms. The van der Waals surface area contributed by atoms with Gasteiger partial charge in [0, 0.05) is 11.6 Å². The highest BCUT2D eigenvalue weighted by molar-refractivity contribution is 5.71. The molecule has 0 saturated carbocycles. The number of rotatable bonds is 7. The molecule has 1 atom stereocenters. The number of ether oxygens (including phenoxy) is 3. The summed E-state index contributed by atoms with van der Waals surface area (Å²) >= 11 is 0. The van der Waals surface area contributed by atoms with Gasteiger partial charge in [0.15, 0.2) is 0 Å². The number of hydrogen-bond donors (Lipinski definition) is 1. The van der Waals surface area contributed by atoms with Gasteiger partial charge in [-0.1, -0.05) is 6.92 Å². The Balaban J connectivity index is 3.22. The highest BCUT2D eigenvalue weighted by atomic mass is 16.5. The summed E-state index contributed by atoms with van der Waals surface area (Å²) in [6.45, 7) is 4.67. The van der Waals surface area contributed by atoms with Gasteiger partial charge in [-0.15, -0.1) is 0 Å². The van der Waals surface area contributed by atoms with E-state index in [2.05, 4.69) is 5.32 Å². The summed E-state index contributed by atoms with van der Waals surface area (Å²) in [6.07, 6.45) is 0.222. The van der Waals surface area contributed by atoms with Crippen molar-refractivity contribution in [2.45, 2.75) is 25.8 Å². The van der Waals surface area contributed by atoms with Crippen LogP contribution in [0, 0.1) is 0 Å². The van der Waals surface area contributed by atoms with Crippen molar-refractivity contribution in [3.63, 3.8) is 0 Å². The molecule has 0 heterocycles. The first-order valence-electron chi connectivity index (χ1n) is 6.55. The van der Waals surface area contributed by atoms with Crippen molar-refractivity contribution in [3.8, 4) is 11.5 Å². The zero-order valence-electron chi connectivity index (χ0n) is 12.8. The number of carbonyl (C=O) groups is 1. The molecular weight excluding hydrogens is 258 g/mol. The van der Waals surface area contributed by atoms with Crippen LogP contribution in [-0.2, 0) is 15.1 Å². The summed E-state index contributed by atoms with van der Waals surface area (Å²) in [5, 5.41) is 3.33. The first-order valence-corrected chi connectivity index (χ1v) is 6.55. The van der Waals surface area contributed by atoms with E-state index in [4.69, 9.17) is 14.2 Å². The summed E-state index contributed by atoms with van der Waals surface area (Å²) in [4.78, 5) is 11.7. The van der Waals surface area contributed by atoms with E-state index < -0.39 is 5.54 Å². The molecule has 0 radical (unpaired) electrons. The maximum atomic E-state index is 11.7. The molecule has 1 N–H and O–H groups in total. The number of carbonyl (C=O) groups excluding carboxylic acids is 1. The lowest BCUT2D eigenvalue weighted by molar-refractivity contribution is -0.142. The molecule has 0 spiro atoms. The van der Waals surface area contributed by atoms with E-state index in [0.717, 1.165) is 12.1 Å². The van der Waals surface area contributed by atoms with Crippen LogP contribution in [0.4, 0.5) is 0 Å². The van der Waals surface area contributed by atoms with Gasteiger partial charge in [-0.2, -0.15) is 0 Å². The summed E-state index contributed by atoms with van der Waals surface area (Å²) in [7, 11) is 4.59. The molecule has 1 aromatic carbocycles. The Labute approximate surface area is 120 Å².